The highest BCUT2D eigenvalue weighted by atomic mass is 19.1. The number of carbonyl (C=O) groups is 1. The summed E-state index contributed by atoms with van der Waals surface area (Å²) in [4.78, 5) is 25.1. The molecule has 0 aliphatic carbocycles. The number of ether oxygens (including phenoxy) is 1. The minimum Gasteiger partial charge on any atom is -0.459 e. The summed E-state index contributed by atoms with van der Waals surface area (Å²) in [5, 5.41) is 4.51. The molecule has 0 amide bonds. The molecule has 2 saturated heterocycles. The van der Waals surface area contributed by atoms with Crippen LogP contribution < -0.4 is 5.01 Å². The van der Waals surface area contributed by atoms with Crippen molar-refractivity contribution in [2.24, 2.45) is 5.92 Å². The van der Waals surface area contributed by atoms with Crippen LogP contribution in [0.25, 0.3) is 10.9 Å². The first-order valence-electron chi connectivity index (χ1n) is 8.86. The van der Waals surface area contributed by atoms with Crippen molar-refractivity contribution in [1.82, 2.24) is 20.0 Å². The molecular weight excluding hydrogens is 337 g/mol. The Hall–Kier alpha value is -2.35. The van der Waals surface area contributed by atoms with Gasteiger partial charge in [0, 0.05) is 19.3 Å². The second-order valence-corrected chi connectivity index (χ2v) is 7.82. The highest BCUT2D eigenvalue weighted by Gasteiger charge is 2.47. The van der Waals surface area contributed by atoms with Crippen LogP contribution in [0.4, 0.5) is 10.2 Å². The Kier molecular flexibility index (Phi) is 4.02. The summed E-state index contributed by atoms with van der Waals surface area (Å²) in [5.41, 5.74) is -0.297. The van der Waals surface area contributed by atoms with E-state index in [4.69, 9.17) is 4.74 Å². The Balaban J connectivity index is 1.70. The Morgan fingerprint density at radius 1 is 1.23 bits per heavy atom. The van der Waals surface area contributed by atoms with Crippen LogP contribution >= 0.6 is 0 Å². The second-order valence-electron chi connectivity index (χ2n) is 7.82. The number of esters is 1. The lowest BCUT2D eigenvalue weighted by atomic mass is 9.95. The molecule has 7 nitrogen and oxygen atoms in total. The number of hydrazine groups is 1. The maximum Gasteiger partial charge on any atom is 0.326 e. The van der Waals surface area contributed by atoms with Gasteiger partial charge >= 0.3 is 5.97 Å². The zero-order chi connectivity index (χ0) is 18.5. The summed E-state index contributed by atoms with van der Waals surface area (Å²) in [6.07, 6.45) is 5.85. The van der Waals surface area contributed by atoms with Crippen molar-refractivity contribution >= 4 is 22.7 Å². The van der Waals surface area contributed by atoms with Crippen LogP contribution in [-0.4, -0.2) is 50.7 Å². The van der Waals surface area contributed by atoms with Crippen molar-refractivity contribution in [2.45, 2.75) is 45.3 Å². The summed E-state index contributed by atoms with van der Waals surface area (Å²) in [6, 6.07) is -0.338. The molecule has 8 heteroatoms. The number of halogens is 1. The van der Waals surface area contributed by atoms with Gasteiger partial charge in [-0.3, -0.25) is 14.8 Å². The Labute approximate surface area is 151 Å². The number of anilines is 1. The molecule has 138 valence electrons. The Morgan fingerprint density at radius 3 is 2.77 bits per heavy atom. The highest BCUT2D eigenvalue weighted by molar-refractivity contribution is 5.89. The first-order valence-corrected chi connectivity index (χ1v) is 8.86. The molecule has 2 bridgehead atoms. The fourth-order valence-electron chi connectivity index (χ4n) is 3.87. The number of pyridine rings is 1. The number of rotatable bonds is 2. The zero-order valence-electron chi connectivity index (χ0n) is 15.1. The number of hydrogen-bond acceptors (Lipinski definition) is 7. The molecule has 0 N–H and O–H groups in total. The van der Waals surface area contributed by atoms with E-state index in [1.807, 2.05) is 30.8 Å². The standard InChI is InChI=1S/C18H22FN5O2/c1-18(2,3)26-17(25)15-11-4-6-23(15)24(7-5-11)16-12-8-20-9-13(19)14(12)21-10-22-16/h8-11,15H,4-7H2,1-3H3. The van der Waals surface area contributed by atoms with Gasteiger partial charge in [0.15, 0.2) is 11.6 Å². The maximum atomic E-state index is 14.1. The molecule has 3 unspecified atom stereocenters. The lowest BCUT2D eigenvalue weighted by molar-refractivity contribution is -0.163. The van der Waals surface area contributed by atoms with Gasteiger partial charge in [0.05, 0.1) is 11.6 Å². The zero-order valence-corrected chi connectivity index (χ0v) is 15.1. The Bertz CT molecular complexity index is 853. The fraction of sp³-hybridized carbons (Fsp3) is 0.556. The minimum absolute atomic E-state index is 0.215. The van der Waals surface area contributed by atoms with Crippen LogP contribution in [0, 0.1) is 11.7 Å². The van der Waals surface area contributed by atoms with E-state index in [1.165, 1.54) is 6.33 Å². The highest BCUT2D eigenvalue weighted by Crippen LogP contribution is 2.38. The largest absolute Gasteiger partial charge is 0.459 e. The molecular formula is C18H22FN5O2. The van der Waals surface area contributed by atoms with Crippen molar-refractivity contribution < 1.29 is 13.9 Å². The van der Waals surface area contributed by atoms with E-state index < -0.39 is 11.4 Å². The summed E-state index contributed by atoms with van der Waals surface area (Å²) in [7, 11) is 0. The third-order valence-corrected chi connectivity index (χ3v) is 4.89. The number of carbonyl (C=O) groups excluding carboxylic acids is 1. The molecule has 26 heavy (non-hydrogen) atoms. The minimum atomic E-state index is -0.533. The summed E-state index contributed by atoms with van der Waals surface area (Å²) in [5.74, 6) is 0.151. The van der Waals surface area contributed by atoms with E-state index in [1.54, 1.807) is 6.20 Å². The molecule has 2 aromatic rings. The van der Waals surface area contributed by atoms with Gasteiger partial charge in [-0.25, -0.2) is 19.4 Å². The number of fused-ring (bicyclic) bond motifs is 3. The molecule has 0 aromatic carbocycles. The molecule has 2 fully saturated rings. The average molecular weight is 359 g/mol. The summed E-state index contributed by atoms with van der Waals surface area (Å²) < 4.78 is 19.7. The molecule has 2 aromatic heterocycles. The van der Waals surface area contributed by atoms with E-state index >= 15 is 0 Å². The van der Waals surface area contributed by atoms with Crippen molar-refractivity contribution in [3.05, 3.63) is 24.5 Å². The lowest BCUT2D eigenvalue weighted by Crippen LogP contribution is -2.56. The van der Waals surface area contributed by atoms with Gasteiger partial charge in [0.2, 0.25) is 0 Å². The monoisotopic (exact) mass is 359 g/mol. The topological polar surface area (TPSA) is 71.5 Å². The van der Waals surface area contributed by atoms with E-state index in [0.29, 0.717) is 17.7 Å². The third kappa shape index (κ3) is 2.88. The Morgan fingerprint density at radius 2 is 2.00 bits per heavy atom. The van der Waals surface area contributed by atoms with E-state index in [2.05, 4.69) is 15.0 Å². The van der Waals surface area contributed by atoms with Gasteiger partial charge in [-0.15, -0.1) is 0 Å². The van der Waals surface area contributed by atoms with Crippen LogP contribution in [-0.2, 0) is 9.53 Å². The molecule has 4 rings (SSSR count). The van der Waals surface area contributed by atoms with E-state index in [0.717, 1.165) is 25.6 Å². The van der Waals surface area contributed by atoms with Crippen LogP contribution in [0.2, 0.25) is 0 Å². The summed E-state index contributed by atoms with van der Waals surface area (Å²) in [6.45, 7) is 7.06. The molecule has 0 radical (unpaired) electrons. The normalized spacial score (nSPS) is 25.5. The van der Waals surface area contributed by atoms with Gasteiger partial charge < -0.3 is 4.74 Å². The molecule has 0 spiro atoms. The van der Waals surface area contributed by atoms with Gasteiger partial charge in [0.1, 0.15) is 23.5 Å². The molecule has 4 heterocycles. The van der Waals surface area contributed by atoms with Crippen molar-refractivity contribution in [3.63, 3.8) is 0 Å². The van der Waals surface area contributed by atoms with Crippen molar-refractivity contribution in [3.8, 4) is 0 Å². The number of aromatic nitrogens is 3. The SMILES string of the molecule is CC(C)(C)OC(=O)C1C2CCN(c3ncnc4c(F)cncc34)N1CC2. The first kappa shape index (κ1) is 17.1. The quantitative estimate of drug-likeness (QED) is 0.762. The predicted molar refractivity (Wildman–Crippen MR) is 93.7 cm³/mol. The number of hydrogen-bond donors (Lipinski definition) is 0. The molecule has 2 aliphatic heterocycles. The predicted octanol–water partition coefficient (Wildman–Crippen LogP) is 2.32. The smallest absolute Gasteiger partial charge is 0.326 e. The fourth-order valence-corrected chi connectivity index (χ4v) is 3.87. The molecule has 0 saturated carbocycles. The lowest BCUT2D eigenvalue weighted by Gasteiger charge is -2.42. The van der Waals surface area contributed by atoms with Gasteiger partial charge in [-0.2, -0.15) is 0 Å². The van der Waals surface area contributed by atoms with Crippen LogP contribution in [0.1, 0.15) is 33.6 Å². The van der Waals surface area contributed by atoms with Crippen molar-refractivity contribution in [2.75, 3.05) is 18.1 Å². The molecule has 3 atom stereocenters. The average Bonchev–Trinajstić information content (AvgIpc) is 2.88. The van der Waals surface area contributed by atoms with E-state index in [9.17, 15) is 9.18 Å². The van der Waals surface area contributed by atoms with Gasteiger partial charge in [0.25, 0.3) is 0 Å². The van der Waals surface area contributed by atoms with E-state index in [-0.39, 0.29) is 23.4 Å². The number of nitrogens with zero attached hydrogens (tertiary/aromatic N) is 5. The van der Waals surface area contributed by atoms with Crippen LogP contribution in [0.5, 0.6) is 0 Å². The third-order valence-electron chi connectivity index (χ3n) is 4.89. The van der Waals surface area contributed by atoms with Gasteiger partial charge in [-0.05, 0) is 39.5 Å². The van der Waals surface area contributed by atoms with Crippen LogP contribution in [0.3, 0.4) is 0 Å². The van der Waals surface area contributed by atoms with Gasteiger partial charge in [-0.1, -0.05) is 0 Å². The van der Waals surface area contributed by atoms with Crippen LogP contribution in [0.15, 0.2) is 18.7 Å². The van der Waals surface area contributed by atoms with Crippen molar-refractivity contribution in [1.29, 1.82) is 0 Å². The molecule has 2 aliphatic rings. The second kappa shape index (κ2) is 6.12. The first-order chi connectivity index (χ1) is 12.3. The summed E-state index contributed by atoms with van der Waals surface area (Å²) >= 11 is 0. The maximum absolute atomic E-state index is 14.1.